The van der Waals surface area contributed by atoms with Gasteiger partial charge in [-0.05, 0) is 75.1 Å². The average Bonchev–Trinajstić information content (AvgIpc) is 3.34. The molecule has 182 valence electrons. The van der Waals surface area contributed by atoms with Crippen molar-refractivity contribution in [3.63, 3.8) is 0 Å². The van der Waals surface area contributed by atoms with Crippen LogP contribution < -0.4 is 0 Å². The van der Waals surface area contributed by atoms with Crippen molar-refractivity contribution in [2.75, 3.05) is 0 Å². The molecule has 0 saturated carbocycles. The molecule has 0 atom stereocenters. The van der Waals surface area contributed by atoms with Gasteiger partial charge in [0.05, 0.1) is 16.7 Å². The van der Waals surface area contributed by atoms with Gasteiger partial charge in [-0.2, -0.15) is 0 Å². The van der Waals surface area contributed by atoms with E-state index in [1.807, 2.05) is 12.3 Å². The van der Waals surface area contributed by atoms with Gasteiger partial charge in [-0.25, -0.2) is 0 Å². The Morgan fingerprint density at radius 3 is 1.64 bits per heavy atom. The van der Waals surface area contributed by atoms with Crippen molar-refractivity contribution in [1.82, 2.24) is 9.55 Å². The molecule has 0 aliphatic heterocycles. The standard InChI is InChI=1S/C37H24N2/c1-2-12-26(13-3-1)39-34-20-9-8-14-27(34)32-24-25(21-22-35(32)39)36-28-15-4-6-17-30(28)37(33-19-10-11-23-38-33)31-18-7-5-16-29(31)36/h1-24H. The van der Waals surface area contributed by atoms with Crippen molar-refractivity contribution < 1.29 is 0 Å². The molecule has 0 bridgehead atoms. The van der Waals surface area contributed by atoms with E-state index in [1.165, 1.54) is 65.7 Å². The van der Waals surface area contributed by atoms with E-state index in [4.69, 9.17) is 4.98 Å². The molecule has 8 rings (SSSR count). The number of rotatable bonds is 3. The molecule has 6 aromatic carbocycles. The molecule has 0 unspecified atom stereocenters. The first kappa shape index (κ1) is 21.8. The maximum Gasteiger partial charge on any atom is 0.0714 e. The van der Waals surface area contributed by atoms with E-state index in [0.29, 0.717) is 0 Å². The van der Waals surface area contributed by atoms with Gasteiger partial charge in [-0.15, -0.1) is 0 Å². The molecular weight excluding hydrogens is 472 g/mol. The first-order chi connectivity index (χ1) is 19.4. The second-order valence-corrected chi connectivity index (χ2v) is 9.98. The van der Waals surface area contributed by atoms with Crippen LogP contribution in [0.5, 0.6) is 0 Å². The number of benzene rings is 6. The van der Waals surface area contributed by atoms with Gasteiger partial charge in [0.15, 0.2) is 0 Å². The quantitative estimate of drug-likeness (QED) is 0.223. The summed E-state index contributed by atoms with van der Waals surface area (Å²) in [6, 6.07) is 50.0. The first-order valence-corrected chi connectivity index (χ1v) is 13.3. The smallest absolute Gasteiger partial charge is 0.0714 e. The number of hydrogen-bond donors (Lipinski definition) is 0. The van der Waals surface area contributed by atoms with Gasteiger partial charge < -0.3 is 4.57 Å². The van der Waals surface area contributed by atoms with Crippen LogP contribution in [0.2, 0.25) is 0 Å². The predicted octanol–water partition coefficient (Wildman–Crippen LogP) is 9.82. The van der Waals surface area contributed by atoms with Gasteiger partial charge >= 0.3 is 0 Å². The number of nitrogens with zero attached hydrogens (tertiary/aromatic N) is 2. The Morgan fingerprint density at radius 2 is 0.974 bits per heavy atom. The highest BCUT2D eigenvalue weighted by atomic mass is 15.0. The van der Waals surface area contributed by atoms with Crippen LogP contribution in [-0.2, 0) is 0 Å². The average molecular weight is 497 g/mol. The maximum absolute atomic E-state index is 4.76. The summed E-state index contributed by atoms with van der Waals surface area (Å²) >= 11 is 0. The lowest BCUT2D eigenvalue weighted by molar-refractivity contribution is 1.18. The fourth-order valence-corrected chi connectivity index (χ4v) is 6.21. The van der Waals surface area contributed by atoms with Gasteiger partial charge in [0.2, 0.25) is 0 Å². The molecule has 2 aromatic heterocycles. The maximum atomic E-state index is 4.76. The zero-order chi connectivity index (χ0) is 25.8. The van der Waals surface area contributed by atoms with Gasteiger partial charge in [0.1, 0.15) is 0 Å². The van der Waals surface area contributed by atoms with Crippen molar-refractivity contribution >= 4 is 43.4 Å². The number of pyridine rings is 1. The number of para-hydroxylation sites is 2. The fourth-order valence-electron chi connectivity index (χ4n) is 6.21. The Balaban J connectivity index is 1.48. The van der Waals surface area contributed by atoms with Crippen molar-refractivity contribution in [3.8, 4) is 28.1 Å². The zero-order valence-corrected chi connectivity index (χ0v) is 21.3. The van der Waals surface area contributed by atoms with Crippen LogP contribution in [0.1, 0.15) is 0 Å². The van der Waals surface area contributed by atoms with E-state index in [0.717, 1.165) is 5.69 Å². The molecule has 0 spiro atoms. The monoisotopic (exact) mass is 496 g/mol. The Hall–Kier alpha value is -5.21. The van der Waals surface area contributed by atoms with Gasteiger partial charge in [-0.1, -0.05) is 97.1 Å². The predicted molar refractivity (Wildman–Crippen MR) is 164 cm³/mol. The minimum Gasteiger partial charge on any atom is -0.309 e. The Labute approximate surface area is 226 Å². The molecule has 39 heavy (non-hydrogen) atoms. The van der Waals surface area contributed by atoms with Crippen LogP contribution in [0, 0.1) is 0 Å². The van der Waals surface area contributed by atoms with Gasteiger partial charge in [0, 0.05) is 28.2 Å². The lowest BCUT2D eigenvalue weighted by atomic mass is 9.87. The Bertz CT molecular complexity index is 2100. The van der Waals surface area contributed by atoms with E-state index < -0.39 is 0 Å². The van der Waals surface area contributed by atoms with Crippen LogP contribution in [0.15, 0.2) is 146 Å². The summed E-state index contributed by atoms with van der Waals surface area (Å²) in [5.41, 5.74) is 8.27. The molecule has 0 radical (unpaired) electrons. The van der Waals surface area contributed by atoms with Crippen LogP contribution in [0.25, 0.3) is 71.4 Å². The SMILES string of the molecule is c1ccc(-n2c3ccccc3c3cc(-c4c5ccccc5c(-c5ccccn5)c5ccccc45)ccc32)cc1. The van der Waals surface area contributed by atoms with Crippen molar-refractivity contribution in [2.24, 2.45) is 0 Å². The third-order valence-electron chi connectivity index (χ3n) is 7.83. The van der Waals surface area contributed by atoms with Crippen LogP contribution in [0.3, 0.4) is 0 Å². The minimum atomic E-state index is 0.998. The summed E-state index contributed by atoms with van der Waals surface area (Å²) in [5.74, 6) is 0. The number of hydrogen-bond acceptors (Lipinski definition) is 1. The second-order valence-electron chi connectivity index (χ2n) is 9.98. The first-order valence-electron chi connectivity index (χ1n) is 13.3. The molecule has 0 saturated heterocycles. The summed E-state index contributed by atoms with van der Waals surface area (Å²) in [5, 5.41) is 7.44. The van der Waals surface area contributed by atoms with E-state index in [-0.39, 0.29) is 0 Å². The van der Waals surface area contributed by atoms with E-state index in [1.54, 1.807) is 0 Å². The molecule has 2 heteroatoms. The summed E-state index contributed by atoms with van der Waals surface area (Å²) < 4.78 is 2.37. The third kappa shape index (κ3) is 3.32. The highest BCUT2D eigenvalue weighted by molar-refractivity contribution is 6.22. The number of aromatic nitrogens is 2. The van der Waals surface area contributed by atoms with Crippen LogP contribution >= 0.6 is 0 Å². The molecule has 2 nitrogen and oxygen atoms in total. The fraction of sp³-hybridized carbons (Fsp3) is 0. The molecule has 8 aromatic rings. The molecule has 0 fully saturated rings. The highest BCUT2D eigenvalue weighted by Gasteiger charge is 2.18. The summed E-state index contributed by atoms with van der Waals surface area (Å²) in [6.07, 6.45) is 1.88. The molecule has 0 amide bonds. The molecular formula is C37H24N2. The molecule has 0 aliphatic carbocycles. The second kappa shape index (κ2) is 8.68. The minimum absolute atomic E-state index is 0.998. The van der Waals surface area contributed by atoms with E-state index >= 15 is 0 Å². The van der Waals surface area contributed by atoms with Crippen molar-refractivity contribution in [1.29, 1.82) is 0 Å². The molecule has 0 aliphatic rings. The van der Waals surface area contributed by atoms with Gasteiger partial charge in [-0.3, -0.25) is 4.98 Å². The van der Waals surface area contributed by atoms with Crippen molar-refractivity contribution in [3.05, 3.63) is 146 Å². The summed E-state index contributed by atoms with van der Waals surface area (Å²) in [4.78, 5) is 4.76. The van der Waals surface area contributed by atoms with Crippen molar-refractivity contribution in [2.45, 2.75) is 0 Å². The Morgan fingerprint density at radius 1 is 0.410 bits per heavy atom. The molecule has 2 heterocycles. The number of fused-ring (bicyclic) bond motifs is 5. The van der Waals surface area contributed by atoms with Gasteiger partial charge in [0.25, 0.3) is 0 Å². The van der Waals surface area contributed by atoms with E-state index in [9.17, 15) is 0 Å². The summed E-state index contributed by atoms with van der Waals surface area (Å²) in [7, 11) is 0. The summed E-state index contributed by atoms with van der Waals surface area (Å²) in [6.45, 7) is 0. The third-order valence-corrected chi connectivity index (χ3v) is 7.83. The van der Waals surface area contributed by atoms with Crippen LogP contribution in [0.4, 0.5) is 0 Å². The lowest BCUT2D eigenvalue weighted by Gasteiger charge is -2.17. The van der Waals surface area contributed by atoms with E-state index in [2.05, 4.69) is 138 Å². The topological polar surface area (TPSA) is 17.8 Å². The highest BCUT2D eigenvalue weighted by Crippen LogP contribution is 2.44. The lowest BCUT2D eigenvalue weighted by Crippen LogP contribution is -1.93. The Kier molecular flexibility index (Phi) is 4.86. The normalized spacial score (nSPS) is 11.6. The zero-order valence-electron chi connectivity index (χ0n) is 21.3. The van der Waals surface area contributed by atoms with Crippen LogP contribution in [-0.4, -0.2) is 9.55 Å². The largest absolute Gasteiger partial charge is 0.309 e. The molecule has 0 N–H and O–H groups in total.